The lowest BCUT2D eigenvalue weighted by Crippen LogP contribution is -2.26. The highest BCUT2D eigenvalue weighted by Crippen LogP contribution is 2.64. The van der Waals surface area contributed by atoms with E-state index < -0.39 is 5.41 Å². The molecule has 0 saturated carbocycles. The van der Waals surface area contributed by atoms with E-state index in [1.54, 1.807) is 0 Å². The van der Waals surface area contributed by atoms with E-state index in [9.17, 15) is 0 Å². The van der Waals surface area contributed by atoms with Crippen molar-refractivity contribution in [3.63, 3.8) is 0 Å². The molecule has 0 aliphatic heterocycles. The molecule has 1 unspecified atom stereocenters. The molecular weight excluding hydrogens is 643 g/mol. The number of hydrogen-bond donors (Lipinski definition) is 0. The lowest BCUT2D eigenvalue weighted by molar-refractivity contribution is 0.801. The fraction of sp³-hybridized carbons (Fsp3) is 0.0200. The van der Waals surface area contributed by atoms with Crippen molar-refractivity contribution in [2.24, 2.45) is 0 Å². The third kappa shape index (κ3) is 4.38. The van der Waals surface area contributed by atoms with Gasteiger partial charge in [-0.1, -0.05) is 182 Å². The molecule has 0 N–H and O–H groups in total. The van der Waals surface area contributed by atoms with Crippen molar-refractivity contribution in [1.29, 1.82) is 0 Å². The van der Waals surface area contributed by atoms with Gasteiger partial charge in [0.1, 0.15) is 0 Å². The van der Waals surface area contributed by atoms with Crippen LogP contribution in [0.2, 0.25) is 0 Å². The zero-order valence-corrected chi connectivity index (χ0v) is 28.7. The van der Waals surface area contributed by atoms with Gasteiger partial charge in [-0.05, 0) is 72.5 Å². The molecular formula is C50H31N3. The molecule has 1 atom stereocenters. The van der Waals surface area contributed by atoms with E-state index in [4.69, 9.17) is 15.0 Å². The largest absolute Gasteiger partial charge is 0.208 e. The van der Waals surface area contributed by atoms with E-state index in [0.717, 1.165) is 22.3 Å². The van der Waals surface area contributed by atoms with Crippen LogP contribution in [0.4, 0.5) is 0 Å². The summed E-state index contributed by atoms with van der Waals surface area (Å²) in [4.78, 5) is 15.3. The van der Waals surface area contributed by atoms with Crippen LogP contribution in [-0.4, -0.2) is 15.0 Å². The first-order valence-electron chi connectivity index (χ1n) is 18.1. The van der Waals surface area contributed by atoms with Crippen molar-refractivity contribution >= 4 is 10.8 Å². The van der Waals surface area contributed by atoms with E-state index in [1.807, 2.05) is 24.3 Å². The normalized spacial score (nSPS) is 14.9. The van der Waals surface area contributed by atoms with Crippen LogP contribution < -0.4 is 0 Å². The molecule has 2 aliphatic carbocycles. The SMILES string of the molecule is c1ccc(-c2ccc(-c3nc(-c4ccccc4)nc(-c4ccc5c(c4)-c4ccccc4C54c5ccccc5-c5ccc6ccccc6c54)n3)cc2)cc1. The summed E-state index contributed by atoms with van der Waals surface area (Å²) in [7, 11) is 0. The summed E-state index contributed by atoms with van der Waals surface area (Å²) in [6.07, 6.45) is 0. The molecule has 3 nitrogen and oxygen atoms in total. The van der Waals surface area contributed by atoms with Crippen LogP contribution >= 0.6 is 0 Å². The molecule has 0 radical (unpaired) electrons. The Morgan fingerprint density at radius 2 is 0.774 bits per heavy atom. The minimum atomic E-state index is -0.447. The molecule has 8 aromatic carbocycles. The summed E-state index contributed by atoms with van der Waals surface area (Å²) in [6.45, 7) is 0. The van der Waals surface area contributed by atoms with Crippen molar-refractivity contribution in [2.75, 3.05) is 0 Å². The van der Waals surface area contributed by atoms with Gasteiger partial charge in [-0.2, -0.15) is 0 Å². The maximum atomic E-state index is 5.16. The summed E-state index contributed by atoms with van der Waals surface area (Å²) in [5, 5.41) is 2.55. The topological polar surface area (TPSA) is 38.7 Å². The third-order valence-corrected chi connectivity index (χ3v) is 11.1. The van der Waals surface area contributed by atoms with Gasteiger partial charge in [0.15, 0.2) is 17.5 Å². The van der Waals surface area contributed by atoms with E-state index in [2.05, 4.69) is 164 Å². The van der Waals surface area contributed by atoms with Gasteiger partial charge in [0.25, 0.3) is 0 Å². The average Bonchev–Trinajstić information content (AvgIpc) is 3.71. The van der Waals surface area contributed by atoms with E-state index in [0.29, 0.717) is 17.5 Å². The zero-order valence-electron chi connectivity index (χ0n) is 28.7. The van der Waals surface area contributed by atoms with Gasteiger partial charge in [0.2, 0.25) is 0 Å². The zero-order chi connectivity index (χ0) is 34.9. The summed E-state index contributed by atoms with van der Waals surface area (Å²) in [5.41, 5.74) is 15.1. The Morgan fingerprint density at radius 1 is 0.302 bits per heavy atom. The number of hydrogen-bond acceptors (Lipinski definition) is 3. The molecule has 2 aliphatic rings. The molecule has 1 aromatic heterocycles. The molecule has 246 valence electrons. The van der Waals surface area contributed by atoms with Gasteiger partial charge in [-0.25, -0.2) is 15.0 Å². The fourth-order valence-corrected chi connectivity index (χ4v) is 8.86. The van der Waals surface area contributed by atoms with Crippen molar-refractivity contribution in [1.82, 2.24) is 15.0 Å². The van der Waals surface area contributed by atoms with Crippen LogP contribution in [0.1, 0.15) is 22.3 Å². The van der Waals surface area contributed by atoms with Gasteiger partial charge in [-0.3, -0.25) is 0 Å². The first-order chi connectivity index (χ1) is 26.3. The van der Waals surface area contributed by atoms with Crippen LogP contribution in [0.25, 0.3) is 78.3 Å². The maximum absolute atomic E-state index is 5.16. The number of rotatable bonds is 4. The van der Waals surface area contributed by atoms with Gasteiger partial charge in [0, 0.05) is 16.7 Å². The monoisotopic (exact) mass is 673 g/mol. The Kier molecular flexibility index (Phi) is 6.47. The molecule has 0 saturated heterocycles. The van der Waals surface area contributed by atoms with Gasteiger partial charge < -0.3 is 0 Å². The van der Waals surface area contributed by atoms with Crippen molar-refractivity contribution in [3.8, 4) is 67.5 Å². The Hall–Kier alpha value is -6.97. The van der Waals surface area contributed by atoms with E-state index in [-0.39, 0.29) is 0 Å². The smallest absolute Gasteiger partial charge is 0.164 e. The van der Waals surface area contributed by atoms with Crippen LogP contribution in [0.3, 0.4) is 0 Å². The molecule has 9 aromatic rings. The van der Waals surface area contributed by atoms with Crippen molar-refractivity contribution in [2.45, 2.75) is 5.41 Å². The second kappa shape index (κ2) is 11.5. The minimum Gasteiger partial charge on any atom is -0.208 e. The lowest BCUT2D eigenvalue weighted by Gasteiger charge is -2.31. The Morgan fingerprint density at radius 3 is 1.47 bits per heavy atom. The van der Waals surface area contributed by atoms with Crippen LogP contribution in [-0.2, 0) is 5.41 Å². The maximum Gasteiger partial charge on any atom is 0.164 e. The molecule has 1 heterocycles. The second-order valence-corrected chi connectivity index (χ2v) is 13.9. The third-order valence-electron chi connectivity index (χ3n) is 11.1. The first kappa shape index (κ1) is 29.7. The number of benzene rings is 8. The molecule has 53 heavy (non-hydrogen) atoms. The Bertz CT molecular complexity index is 2880. The highest BCUT2D eigenvalue weighted by molar-refractivity contribution is 6.04. The quantitative estimate of drug-likeness (QED) is 0.187. The summed E-state index contributed by atoms with van der Waals surface area (Å²) >= 11 is 0. The average molecular weight is 674 g/mol. The van der Waals surface area contributed by atoms with Gasteiger partial charge in [0.05, 0.1) is 5.41 Å². The Labute approximate surface area is 308 Å². The van der Waals surface area contributed by atoms with E-state index in [1.165, 1.54) is 60.8 Å². The summed E-state index contributed by atoms with van der Waals surface area (Å²) < 4.78 is 0. The van der Waals surface area contributed by atoms with E-state index >= 15 is 0 Å². The highest BCUT2D eigenvalue weighted by atomic mass is 15.0. The molecule has 11 rings (SSSR count). The molecule has 3 heteroatoms. The lowest BCUT2D eigenvalue weighted by atomic mass is 9.69. The first-order valence-corrected chi connectivity index (χ1v) is 18.1. The number of fused-ring (bicyclic) bond motifs is 12. The fourth-order valence-electron chi connectivity index (χ4n) is 8.86. The second-order valence-electron chi connectivity index (χ2n) is 13.9. The predicted octanol–water partition coefficient (Wildman–Crippen LogP) is 12.0. The van der Waals surface area contributed by atoms with Gasteiger partial charge in [-0.15, -0.1) is 0 Å². The minimum absolute atomic E-state index is 0.447. The summed E-state index contributed by atoms with van der Waals surface area (Å²) in [6, 6.07) is 67.3. The molecule has 0 bridgehead atoms. The number of aromatic nitrogens is 3. The van der Waals surface area contributed by atoms with Crippen LogP contribution in [0, 0.1) is 0 Å². The standard InChI is InChI=1S/C50H31N3/c1-3-13-32(14-4-1)33-23-25-36(26-24-33)48-51-47(35-16-5-2-6-17-35)52-49(53-48)37-28-30-45-42(31-37)40-20-10-12-22-44(40)50(45)43-21-11-9-19-39(43)41-29-27-34-15-7-8-18-38(34)46(41)50/h1-31H. The highest BCUT2D eigenvalue weighted by Gasteiger charge is 2.52. The van der Waals surface area contributed by atoms with Crippen molar-refractivity contribution in [3.05, 3.63) is 210 Å². The molecule has 1 spiro atoms. The molecule has 0 amide bonds. The Balaban J connectivity index is 1.12. The van der Waals surface area contributed by atoms with Gasteiger partial charge >= 0.3 is 0 Å². The predicted molar refractivity (Wildman–Crippen MR) is 215 cm³/mol. The number of nitrogens with zero attached hydrogens (tertiary/aromatic N) is 3. The molecule has 0 fully saturated rings. The van der Waals surface area contributed by atoms with Crippen molar-refractivity contribution < 1.29 is 0 Å². The van der Waals surface area contributed by atoms with Crippen LogP contribution in [0.5, 0.6) is 0 Å². The van der Waals surface area contributed by atoms with Crippen LogP contribution in [0.15, 0.2) is 188 Å². The summed E-state index contributed by atoms with van der Waals surface area (Å²) in [5.74, 6) is 1.95.